The van der Waals surface area contributed by atoms with E-state index in [2.05, 4.69) is 0 Å². The summed E-state index contributed by atoms with van der Waals surface area (Å²) in [5, 5.41) is 1.74. The van der Waals surface area contributed by atoms with Crippen LogP contribution in [0.2, 0.25) is 0 Å². The molecule has 4 aromatic rings. The van der Waals surface area contributed by atoms with E-state index in [4.69, 9.17) is 9.47 Å². The molecule has 28 heavy (non-hydrogen) atoms. The number of fused-ring (bicyclic) bond motifs is 1. The van der Waals surface area contributed by atoms with Gasteiger partial charge in [-0.05, 0) is 11.1 Å². The second-order valence-electron chi connectivity index (χ2n) is 6.48. The second kappa shape index (κ2) is 7.57. The highest BCUT2D eigenvalue weighted by Gasteiger charge is 2.24. The van der Waals surface area contributed by atoms with Crippen LogP contribution in [0.1, 0.15) is 6.92 Å². The molecule has 0 heterocycles. The minimum absolute atomic E-state index is 0.355. The lowest BCUT2D eigenvalue weighted by Crippen LogP contribution is -2.05. The Labute approximate surface area is 164 Å². The smallest absolute Gasteiger partial charge is 0.308 e. The molecular weight excluding hydrogens is 348 g/mol. The lowest BCUT2D eigenvalue weighted by atomic mass is 9.89. The van der Waals surface area contributed by atoms with Crippen molar-refractivity contribution >= 4 is 16.7 Å². The molecule has 4 rings (SSSR count). The average molecular weight is 368 g/mol. The third-order valence-electron chi connectivity index (χ3n) is 4.70. The summed E-state index contributed by atoms with van der Waals surface area (Å²) in [5.74, 6) is 0.956. The fourth-order valence-electron chi connectivity index (χ4n) is 3.60. The van der Waals surface area contributed by atoms with Crippen LogP contribution in [-0.2, 0) is 4.79 Å². The SMILES string of the molecule is COc1c(-c2ccccc2)c(-c2ccccc2)c(OC(C)=O)c2ccccc12. The molecule has 0 aliphatic rings. The van der Waals surface area contributed by atoms with Crippen LogP contribution in [0.25, 0.3) is 33.0 Å². The minimum Gasteiger partial charge on any atom is -0.495 e. The largest absolute Gasteiger partial charge is 0.495 e. The van der Waals surface area contributed by atoms with Crippen molar-refractivity contribution in [2.45, 2.75) is 6.92 Å². The fourth-order valence-corrected chi connectivity index (χ4v) is 3.60. The van der Waals surface area contributed by atoms with Gasteiger partial charge in [0.05, 0.1) is 7.11 Å². The molecule has 0 radical (unpaired) electrons. The maximum absolute atomic E-state index is 12.0. The summed E-state index contributed by atoms with van der Waals surface area (Å²) in [6, 6.07) is 27.8. The summed E-state index contributed by atoms with van der Waals surface area (Å²) >= 11 is 0. The zero-order valence-corrected chi connectivity index (χ0v) is 15.8. The quantitative estimate of drug-likeness (QED) is 0.322. The van der Waals surface area contributed by atoms with Crippen molar-refractivity contribution in [3.63, 3.8) is 0 Å². The van der Waals surface area contributed by atoms with Gasteiger partial charge in [0, 0.05) is 28.8 Å². The van der Waals surface area contributed by atoms with Gasteiger partial charge >= 0.3 is 5.97 Å². The normalized spacial score (nSPS) is 10.6. The van der Waals surface area contributed by atoms with E-state index in [0.29, 0.717) is 5.75 Å². The third kappa shape index (κ3) is 3.12. The van der Waals surface area contributed by atoms with E-state index in [1.807, 2.05) is 84.9 Å². The molecular formula is C25H20O3. The Kier molecular flexibility index (Phi) is 4.81. The van der Waals surface area contributed by atoms with Gasteiger partial charge in [-0.25, -0.2) is 0 Å². The first-order chi connectivity index (χ1) is 13.7. The minimum atomic E-state index is -0.355. The van der Waals surface area contributed by atoms with Crippen LogP contribution < -0.4 is 9.47 Å². The molecule has 3 heteroatoms. The standard InChI is InChI=1S/C25H20O3/c1-17(26)28-25-21-16-10-9-15-20(21)24(27-2)22(18-11-5-3-6-12-18)23(25)19-13-7-4-8-14-19/h3-16H,1-2H3. The van der Waals surface area contributed by atoms with Gasteiger partial charge in [-0.2, -0.15) is 0 Å². The van der Waals surface area contributed by atoms with Gasteiger partial charge in [0.2, 0.25) is 0 Å². The number of hydrogen-bond acceptors (Lipinski definition) is 3. The van der Waals surface area contributed by atoms with Gasteiger partial charge < -0.3 is 9.47 Å². The van der Waals surface area contributed by atoms with E-state index < -0.39 is 0 Å². The number of esters is 1. The first kappa shape index (κ1) is 17.8. The van der Waals surface area contributed by atoms with E-state index in [1.54, 1.807) is 7.11 Å². The number of carbonyl (C=O) groups is 1. The topological polar surface area (TPSA) is 35.5 Å². The highest BCUT2D eigenvalue weighted by atomic mass is 16.5. The van der Waals surface area contributed by atoms with E-state index in [-0.39, 0.29) is 5.97 Å². The number of hydrogen-bond donors (Lipinski definition) is 0. The molecule has 0 atom stereocenters. The van der Waals surface area contributed by atoms with Crippen LogP contribution in [0, 0.1) is 0 Å². The summed E-state index contributed by atoms with van der Waals surface area (Å²) in [5.41, 5.74) is 3.71. The van der Waals surface area contributed by atoms with E-state index in [0.717, 1.165) is 38.8 Å². The zero-order valence-electron chi connectivity index (χ0n) is 15.8. The van der Waals surface area contributed by atoms with Crippen molar-refractivity contribution in [1.82, 2.24) is 0 Å². The van der Waals surface area contributed by atoms with Crippen LogP contribution in [0.15, 0.2) is 84.9 Å². The Morgan fingerprint density at radius 2 is 1.07 bits per heavy atom. The van der Waals surface area contributed by atoms with Crippen LogP contribution in [0.3, 0.4) is 0 Å². The molecule has 0 spiro atoms. The molecule has 0 amide bonds. The van der Waals surface area contributed by atoms with E-state index in [9.17, 15) is 4.79 Å². The highest BCUT2D eigenvalue weighted by Crippen LogP contribution is 2.50. The number of benzene rings is 4. The van der Waals surface area contributed by atoms with E-state index >= 15 is 0 Å². The molecule has 0 aliphatic carbocycles. The Bertz CT molecular complexity index is 1130. The first-order valence-corrected chi connectivity index (χ1v) is 9.12. The molecule has 0 bridgehead atoms. The second-order valence-corrected chi connectivity index (χ2v) is 6.48. The lowest BCUT2D eigenvalue weighted by molar-refractivity contribution is -0.131. The Balaban J connectivity index is 2.22. The van der Waals surface area contributed by atoms with Crippen LogP contribution >= 0.6 is 0 Å². The fraction of sp³-hybridized carbons (Fsp3) is 0.0800. The Morgan fingerprint density at radius 3 is 1.54 bits per heavy atom. The zero-order chi connectivity index (χ0) is 19.5. The van der Waals surface area contributed by atoms with Crippen molar-refractivity contribution in [2.24, 2.45) is 0 Å². The summed E-state index contributed by atoms with van der Waals surface area (Å²) < 4.78 is 11.7. The van der Waals surface area contributed by atoms with Gasteiger partial charge in [0.15, 0.2) is 0 Å². The maximum Gasteiger partial charge on any atom is 0.308 e. The van der Waals surface area contributed by atoms with Crippen LogP contribution in [-0.4, -0.2) is 13.1 Å². The number of carbonyl (C=O) groups excluding carboxylic acids is 1. The van der Waals surface area contributed by atoms with Gasteiger partial charge in [-0.1, -0.05) is 84.9 Å². The summed E-state index contributed by atoms with van der Waals surface area (Å²) in [6.45, 7) is 1.43. The highest BCUT2D eigenvalue weighted by molar-refractivity contribution is 6.08. The van der Waals surface area contributed by atoms with Gasteiger partial charge in [-0.3, -0.25) is 4.79 Å². The maximum atomic E-state index is 12.0. The molecule has 0 saturated carbocycles. The predicted octanol–water partition coefficient (Wildman–Crippen LogP) is 6.11. The summed E-state index contributed by atoms with van der Waals surface area (Å²) in [7, 11) is 1.68. The number of methoxy groups -OCH3 is 1. The van der Waals surface area contributed by atoms with Gasteiger partial charge in [0.25, 0.3) is 0 Å². The van der Waals surface area contributed by atoms with Crippen molar-refractivity contribution in [1.29, 1.82) is 0 Å². The van der Waals surface area contributed by atoms with Gasteiger partial charge in [0.1, 0.15) is 11.5 Å². The van der Waals surface area contributed by atoms with Crippen LogP contribution in [0.5, 0.6) is 11.5 Å². The molecule has 0 aromatic heterocycles. The molecule has 0 unspecified atom stereocenters. The van der Waals surface area contributed by atoms with Crippen molar-refractivity contribution < 1.29 is 14.3 Å². The molecule has 0 saturated heterocycles. The van der Waals surface area contributed by atoms with Crippen molar-refractivity contribution in [2.75, 3.05) is 7.11 Å². The first-order valence-electron chi connectivity index (χ1n) is 9.12. The summed E-state index contributed by atoms with van der Waals surface area (Å²) in [4.78, 5) is 12.0. The van der Waals surface area contributed by atoms with Crippen molar-refractivity contribution in [3.05, 3.63) is 84.9 Å². The predicted molar refractivity (Wildman–Crippen MR) is 113 cm³/mol. The Hall–Kier alpha value is -3.59. The van der Waals surface area contributed by atoms with Crippen molar-refractivity contribution in [3.8, 4) is 33.8 Å². The Morgan fingerprint density at radius 1 is 0.643 bits per heavy atom. The lowest BCUT2D eigenvalue weighted by Gasteiger charge is -2.21. The molecule has 0 aliphatic heterocycles. The molecule has 3 nitrogen and oxygen atoms in total. The average Bonchev–Trinajstić information content (AvgIpc) is 2.74. The third-order valence-corrected chi connectivity index (χ3v) is 4.70. The van der Waals surface area contributed by atoms with Gasteiger partial charge in [-0.15, -0.1) is 0 Å². The molecule has 138 valence electrons. The number of ether oxygens (including phenoxy) is 2. The monoisotopic (exact) mass is 368 g/mol. The van der Waals surface area contributed by atoms with E-state index in [1.165, 1.54) is 6.92 Å². The summed E-state index contributed by atoms with van der Waals surface area (Å²) in [6.07, 6.45) is 0. The molecule has 0 N–H and O–H groups in total. The molecule has 0 fully saturated rings. The van der Waals surface area contributed by atoms with Crippen LogP contribution in [0.4, 0.5) is 0 Å². The number of rotatable bonds is 4. The molecule has 4 aromatic carbocycles.